The van der Waals surface area contributed by atoms with Gasteiger partial charge in [-0.2, -0.15) is 0 Å². The van der Waals surface area contributed by atoms with E-state index in [1.807, 2.05) is 0 Å². The number of fused-ring (bicyclic) bond motifs is 2. The average molecular weight is 510 g/mol. The van der Waals surface area contributed by atoms with E-state index in [0.717, 1.165) is 18.2 Å². The van der Waals surface area contributed by atoms with Gasteiger partial charge < -0.3 is 0 Å². The lowest BCUT2D eigenvalue weighted by Crippen LogP contribution is -2.06. The molecule has 0 spiro atoms. The number of hydrogen-bond donors (Lipinski definition) is 0. The van der Waals surface area contributed by atoms with E-state index in [2.05, 4.69) is 0 Å². The van der Waals surface area contributed by atoms with E-state index in [-0.39, 0.29) is 16.5 Å². The molecule has 0 aliphatic heterocycles. The third kappa shape index (κ3) is 3.31. The predicted octanol–water partition coefficient (Wildman–Crippen LogP) is 8.72. The Balaban J connectivity index is 2.13. The van der Waals surface area contributed by atoms with Crippen molar-refractivity contribution < 1.29 is 43.9 Å². The van der Waals surface area contributed by atoms with E-state index in [0.29, 0.717) is 30.3 Å². The van der Waals surface area contributed by atoms with Crippen LogP contribution >= 0.6 is 0 Å². The van der Waals surface area contributed by atoms with Gasteiger partial charge in [-0.3, -0.25) is 0 Å². The molecule has 36 heavy (non-hydrogen) atoms. The maximum atomic E-state index is 15.2. The number of hydrogen-bond acceptors (Lipinski definition) is 0. The molecule has 0 aliphatic rings. The number of halogens is 10. The molecule has 0 heterocycles. The van der Waals surface area contributed by atoms with Crippen molar-refractivity contribution in [3.63, 3.8) is 0 Å². The summed E-state index contributed by atoms with van der Waals surface area (Å²) < 4.78 is 144. The largest absolute Gasteiger partial charge is 0.207 e. The minimum Gasteiger partial charge on any atom is -0.207 e. The highest BCUT2D eigenvalue weighted by Crippen LogP contribution is 2.47. The Morgan fingerprint density at radius 3 is 1.47 bits per heavy atom. The molecule has 0 nitrogen and oxygen atoms in total. The van der Waals surface area contributed by atoms with Crippen molar-refractivity contribution in [2.45, 2.75) is 0 Å². The van der Waals surface area contributed by atoms with Gasteiger partial charge in [0.15, 0.2) is 34.9 Å². The minimum atomic E-state index is -2.49. The molecule has 0 N–H and O–H groups in total. The highest BCUT2D eigenvalue weighted by Gasteiger charge is 2.31. The van der Waals surface area contributed by atoms with Gasteiger partial charge in [0.25, 0.3) is 0 Å². The zero-order valence-electron chi connectivity index (χ0n) is 17.4. The van der Waals surface area contributed by atoms with Gasteiger partial charge in [0, 0.05) is 21.9 Å². The van der Waals surface area contributed by atoms with Crippen molar-refractivity contribution in [1.29, 1.82) is 0 Å². The highest BCUT2D eigenvalue weighted by molar-refractivity contribution is 6.21. The normalized spacial score (nSPS) is 11.6. The fourth-order valence-electron chi connectivity index (χ4n) is 4.29. The van der Waals surface area contributed by atoms with Crippen LogP contribution in [0.2, 0.25) is 0 Å². The number of rotatable bonds is 2. The van der Waals surface area contributed by atoms with Gasteiger partial charge in [0.2, 0.25) is 5.82 Å². The van der Waals surface area contributed by atoms with Crippen molar-refractivity contribution in [2.24, 2.45) is 0 Å². The molecule has 182 valence electrons. The van der Waals surface area contributed by atoms with E-state index in [1.54, 1.807) is 0 Å². The van der Waals surface area contributed by atoms with Crippen molar-refractivity contribution in [3.05, 3.63) is 107 Å². The molecule has 0 fully saturated rings. The van der Waals surface area contributed by atoms with Gasteiger partial charge in [0.05, 0.1) is 5.56 Å². The second-order valence-corrected chi connectivity index (χ2v) is 7.79. The molecule has 0 radical (unpaired) electrons. The zero-order chi connectivity index (χ0) is 26.0. The Morgan fingerprint density at radius 1 is 0.361 bits per heavy atom. The van der Waals surface area contributed by atoms with E-state index >= 15 is 8.78 Å². The summed E-state index contributed by atoms with van der Waals surface area (Å²) in [6.07, 6.45) is 0. The Kier molecular flexibility index (Phi) is 5.42. The summed E-state index contributed by atoms with van der Waals surface area (Å²) in [5.74, 6) is -18.2. The first kappa shape index (κ1) is 23.7. The summed E-state index contributed by atoms with van der Waals surface area (Å²) in [5.41, 5.74) is -3.20. The molecule has 5 aromatic carbocycles. The Bertz CT molecular complexity index is 1710. The van der Waals surface area contributed by atoms with Gasteiger partial charge in [0.1, 0.15) is 17.5 Å². The van der Waals surface area contributed by atoms with Crippen molar-refractivity contribution >= 4 is 21.5 Å². The topological polar surface area (TPSA) is 0 Å². The molecule has 0 saturated carbocycles. The number of benzene rings is 5. The molecule has 0 aliphatic carbocycles. The Morgan fingerprint density at radius 2 is 0.889 bits per heavy atom. The van der Waals surface area contributed by atoms with E-state index in [9.17, 15) is 35.1 Å². The van der Waals surface area contributed by atoms with Crippen LogP contribution in [0.4, 0.5) is 43.9 Å². The van der Waals surface area contributed by atoms with Gasteiger partial charge in [-0.1, -0.05) is 12.1 Å². The molecule has 5 aromatic rings. The van der Waals surface area contributed by atoms with Crippen LogP contribution in [-0.2, 0) is 0 Å². The monoisotopic (exact) mass is 510 g/mol. The second kappa shape index (κ2) is 8.25. The SMILES string of the molecule is Fc1ccc2c(-c3ccc(F)c(F)c3)c3c(F)ccc(F)c3c(-c3c(F)c(F)c(F)c(F)c3F)c2c1. The summed E-state index contributed by atoms with van der Waals surface area (Å²) >= 11 is 0. The highest BCUT2D eigenvalue weighted by atomic mass is 19.2. The standard InChI is InChI=1S/C26H8F10/c27-10-2-3-11-12(8-10)18(21-22(32)24(34)26(36)25(35)23(21)33)20-15(30)6-5-14(29)19(20)17(11)9-1-4-13(28)16(31)7-9/h1-8H. The van der Waals surface area contributed by atoms with Crippen LogP contribution in [0.5, 0.6) is 0 Å². The van der Waals surface area contributed by atoms with E-state index in [4.69, 9.17) is 0 Å². The Hall–Kier alpha value is -4.08. The molecule has 0 aromatic heterocycles. The summed E-state index contributed by atoms with van der Waals surface area (Å²) in [6, 6.07) is 5.90. The van der Waals surface area contributed by atoms with Crippen LogP contribution in [-0.4, -0.2) is 0 Å². The van der Waals surface area contributed by atoms with Crippen LogP contribution in [0.25, 0.3) is 43.8 Å². The van der Waals surface area contributed by atoms with E-state index in [1.165, 1.54) is 0 Å². The van der Waals surface area contributed by atoms with Crippen molar-refractivity contribution in [2.75, 3.05) is 0 Å². The molecule has 0 saturated heterocycles. The lowest BCUT2D eigenvalue weighted by molar-refractivity contribution is 0.381. The summed E-state index contributed by atoms with van der Waals surface area (Å²) in [6.45, 7) is 0. The fraction of sp³-hybridized carbons (Fsp3) is 0. The average Bonchev–Trinajstić information content (AvgIpc) is 2.85. The van der Waals surface area contributed by atoms with Crippen LogP contribution in [0.1, 0.15) is 0 Å². The second-order valence-electron chi connectivity index (χ2n) is 7.79. The summed E-state index contributed by atoms with van der Waals surface area (Å²) in [7, 11) is 0. The van der Waals surface area contributed by atoms with Crippen molar-refractivity contribution in [3.8, 4) is 22.3 Å². The van der Waals surface area contributed by atoms with E-state index < -0.39 is 85.5 Å². The lowest BCUT2D eigenvalue weighted by Gasteiger charge is -2.20. The fourth-order valence-corrected chi connectivity index (χ4v) is 4.29. The molecule has 10 heteroatoms. The first-order valence-corrected chi connectivity index (χ1v) is 10.0. The smallest absolute Gasteiger partial charge is 0.200 e. The molecule has 5 rings (SSSR count). The van der Waals surface area contributed by atoms with Crippen LogP contribution < -0.4 is 0 Å². The predicted molar refractivity (Wildman–Crippen MR) is 112 cm³/mol. The third-order valence-corrected chi connectivity index (χ3v) is 5.79. The molecule has 0 bridgehead atoms. The van der Waals surface area contributed by atoms with Gasteiger partial charge in [-0.05, 0) is 52.7 Å². The molecular formula is C26H8F10. The van der Waals surface area contributed by atoms with Gasteiger partial charge >= 0.3 is 0 Å². The third-order valence-electron chi connectivity index (χ3n) is 5.79. The minimum absolute atomic E-state index is 0.232. The van der Waals surface area contributed by atoms with Crippen LogP contribution in [0, 0.1) is 58.2 Å². The Labute approximate surface area is 195 Å². The van der Waals surface area contributed by atoms with Crippen molar-refractivity contribution in [1.82, 2.24) is 0 Å². The summed E-state index contributed by atoms with van der Waals surface area (Å²) in [5, 5.41) is -2.54. The van der Waals surface area contributed by atoms with Gasteiger partial charge in [-0.15, -0.1) is 0 Å². The first-order chi connectivity index (χ1) is 17.0. The van der Waals surface area contributed by atoms with Crippen LogP contribution in [0.3, 0.4) is 0 Å². The molecular weight excluding hydrogens is 502 g/mol. The van der Waals surface area contributed by atoms with Crippen LogP contribution in [0.15, 0.2) is 48.5 Å². The summed E-state index contributed by atoms with van der Waals surface area (Å²) in [4.78, 5) is 0. The lowest BCUT2D eigenvalue weighted by atomic mass is 9.85. The maximum absolute atomic E-state index is 15.2. The molecule has 0 unspecified atom stereocenters. The zero-order valence-corrected chi connectivity index (χ0v) is 17.4. The maximum Gasteiger partial charge on any atom is 0.200 e. The first-order valence-electron chi connectivity index (χ1n) is 10.0. The van der Waals surface area contributed by atoms with Gasteiger partial charge in [-0.25, -0.2) is 43.9 Å². The quantitative estimate of drug-likeness (QED) is 0.0965. The molecule has 0 amide bonds. The molecule has 0 atom stereocenters.